The molecule has 5 nitrogen and oxygen atoms in total. The fraction of sp³-hybridized carbons (Fsp3) is 0.176. The van der Waals surface area contributed by atoms with Crippen LogP contribution in [0.2, 0.25) is 0 Å². The Labute approximate surface area is 127 Å². The number of imidazole rings is 1. The predicted octanol–water partition coefficient (Wildman–Crippen LogP) is 2.99. The first-order valence-electron chi connectivity index (χ1n) is 7.18. The van der Waals surface area contributed by atoms with Gasteiger partial charge in [-0.15, -0.1) is 0 Å². The van der Waals surface area contributed by atoms with E-state index in [9.17, 15) is 9.59 Å². The lowest BCUT2D eigenvalue weighted by molar-refractivity contribution is -0.116. The number of H-pyrrole nitrogens is 2. The van der Waals surface area contributed by atoms with Crippen LogP contribution in [0.3, 0.4) is 0 Å². The van der Waals surface area contributed by atoms with Gasteiger partial charge in [-0.2, -0.15) is 0 Å². The average molecular weight is 295 g/mol. The van der Waals surface area contributed by atoms with Crippen LogP contribution in [0.25, 0.3) is 11.0 Å². The van der Waals surface area contributed by atoms with Crippen molar-refractivity contribution in [3.05, 3.63) is 64.6 Å². The van der Waals surface area contributed by atoms with Gasteiger partial charge in [0.15, 0.2) is 0 Å². The van der Waals surface area contributed by atoms with Crippen LogP contribution in [0.5, 0.6) is 0 Å². The number of benzene rings is 2. The van der Waals surface area contributed by atoms with Crippen molar-refractivity contribution in [1.82, 2.24) is 9.97 Å². The molecule has 0 saturated heterocycles. The minimum absolute atomic E-state index is 0.0476. The molecule has 0 bridgehead atoms. The number of fused-ring (bicyclic) bond motifs is 1. The first kappa shape index (κ1) is 14.1. The minimum atomic E-state index is -0.254. The third kappa shape index (κ3) is 3.09. The highest BCUT2D eigenvalue weighted by molar-refractivity contribution is 5.93. The van der Waals surface area contributed by atoms with Gasteiger partial charge in [0.25, 0.3) is 0 Å². The van der Waals surface area contributed by atoms with Crippen LogP contribution in [-0.2, 0) is 4.79 Å². The van der Waals surface area contributed by atoms with Crippen molar-refractivity contribution in [2.75, 3.05) is 5.32 Å². The van der Waals surface area contributed by atoms with Crippen molar-refractivity contribution in [3.63, 3.8) is 0 Å². The first-order chi connectivity index (χ1) is 10.6. The number of hydrogen-bond donors (Lipinski definition) is 3. The van der Waals surface area contributed by atoms with Crippen molar-refractivity contribution in [3.8, 4) is 0 Å². The highest BCUT2D eigenvalue weighted by atomic mass is 16.1. The number of nitrogens with one attached hydrogen (secondary N) is 3. The fourth-order valence-electron chi connectivity index (χ4n) is 2.50. The summed E-state index contributed by atoms with van der Waals surface area (Å²) in [6.07, 6.45) is 0.408. The summed E-state index contributed by atoms with van der Waals surface area (Å²) in [6, 6.07) is 15.2. The normalized spacial score (nSPS) is 12.2. The number of anilines is 1. The molecule has 112 valence electrons. The van der Waals surface area contributed by atoms with E-state index in [-0.39, 0.29) is 17.5 Å². The zero-order chi connectivity index (χ0) is 15.5. The molecule has 0 spiro atoms. The van der Waals surface area contributed by atoms with E-state index in [1.54, 1.807) is 18.2 Å². The van der Waals surface area contributed by atoms with E-state index in [4.69, 9.17) is 0 Å². The minimum Gasteiger partial charge on any atom is -0.326 e. The van der Waals surface area contributed by atoms with Crippen molar-refractivity contribution < 1.29 is 4.79 Å². The fourth-order valence-corrected chi connectivity index (χ4v) is 2.50. The molecule has 0 aliphatic heterocycles. The van der Waals surface area contributed by atoms with Gasteiger partial charge in [-0.1, -0.05) is 37.3 Å². The second-order valence-corrected chi connectivity index (χ2v) is 5.40. The van der Waals surface area contributed by atoms with Crippen LogP contribution in [-0.4, -0.2) is 15.9 Å². The number of aromatic nitrogens is 2. The van der Waals surface area contributed by atoms with Crippen LogP contribution in [0.15, 0.2) is 53.3 Å². The summed E-state index contributed by atoms with van der Waals surface area (Å²) in [7, 11) is 0. The molecule has 3 rings (SSSR count). The molecule has 0 saturated carbocycles. The van der Waals surface area contributed by atoms with E-state index in [0.29, 0.717) is 17.6 Å². The summed E-state index contributed by atoms with van der Waals surface area (Å²) in [5.74, 6) is 0.102. The van der Waals surface area contributed by atoms with Crippen LogP contribution in [0, 0.1) is 0 Å². The van der Waals surface area contributed by atoms with E-state index in [2.05, 4.69) is 15.3 Å². The van der Waals surface area contributed by atoms with Crippen molar-refractivity contribution in [2.45, 2.75) is 19.3 Å². The van der Waals surface area contributed by atoms with Crippen molar-refractivity contribution >= 4 is 22.6 Å². The lowest BCUT2D eigenvalue weighted by Crippen LogP contribution is -2.14. The molecule has 1 aromatic heterocycles. The first-order valence-corrected chi connectivity index (χ1v) is 7.18. The summed E-state index contributed by atoms with van der Waals surface area (Å²) in [4.78, 5) is 28.7. The van der Waals surface area contributed by atoms with Crippen LogP contribution in [0.4, 0.5) is 5.69 Å². The summed E-state index contributed by atoms with van der Waals surface area (Å²) in [5, 5.41) is 2.87. The quantitative estimate of drug-likeness (QED) is 0.692. The van der Waals surface area contributed by atoms with Gasteiger partial charge in [0.1, 0.15) is 0 Å². The van der Waals surface area contributed by atoms with Gasteiger partial charge in [-0.25, -0.2) is 4.79 Å². The molecule has 1 unspecified atom stereocenters. The predicted molar refractivity (Wildman–Crippen MR) is 87.0 cm³/mol. The summed E-state index contributed by atoms with van der Waals surface area (Å²) >= 11 is 0. The molecule has 2 aromatic carbocycles. The molecule has 3 aromatic rings. The molecule has 3 N–H and O–H groups in total. The molecule has 5 heteroatoms. The van der Waals surface area contributed by atoms with E-state index >= 15 is 0 Å². The maximum atomic E-state index is 12.1. The van der Waals surface area contributed by atoms with Crippen molar-refractivity contribution in [1.29, 1.82) is 0 Å². The zero-order valence-electron chi connectivity index (χ0n) is 12.2. The highest BCUT2D eigenvalue weighted by Gasteiger charge is 2.11. The third-order valence-corrected chi connectivity index (χ3v) is 3.66. The van der Waals surface area contributed by atoms with Gasteiger partial charge in [0.05, 0.1) is 11.0 Å². The molecular weight excluding hydrogens is 278 g/mol. The van der Waals surface area contributed by atoms with Gasteiger partial charge in [0.2, 0.25) is 5.91 Å². The average Bonchev–Trinajstić information content (AvgIpc) is 2.87. The number of aromatic amines is 2. The van der Waals surface area contributed by atoms with Gasteiger partial charge in [-0.05, 0) is 29.7 Å². The van der Waals surface area contributed by atoms with Crippen LogP contribution in [0.1, 0.15) is 24.8 Å². The maximum Gasteiger partial charge on any atom is 0.323 e. The lowest BCUT2D eigenvalue weighted by atomic mass is 9.97. The number of carbonyl (C=O) groups excluding carboxylic acids is 1. The van der Waals surface area contributed by atoms with Crippen molar-refractivity contribution in [2.24, 2.45) is 0 Å². The maximum absolute atomic E-state index is 12.1. The van der Waals surface area contributed by atoms with E-state index < -0.39 is 0 Å². The second-order valence-electron chi connectivity index (χ2n) is 5.40. The Kier molecular flexibility index (Phi) is 3.78. The van der Waals surface area contributed by atoms with Crippen LogP contribution < -0.4 is 11.0 Å². The molecule has 1 atom stereocenters. The van der Waals surface area contributed by atoms with E-state index in [1.165, 1.54) is 0 Å². The molecule has 0 aliphatic carbocycles. The Hall–Kier alpha value is -2.82. The Morgan fingerprint density at radius 1 is 1.09 bits per heavy atom. The third-order valence-electron chi connectivity index (χ3n) is 3.66. The zero-order valence-corrected chi connectivity index (χ0v) is 12.2. The van der Waals surface area contributed by atoms with E-state index in [0.717, 1.165) is 11.1 Å². The van der Waals surface area contributed by atoms with Crippen LogP contribution >= 0.6 is 0 Å². The molecule has 0 fully saturated rings. The largest absolute Gasteiger partial charge is 0.326 e. The summed E-state index contributed by atoms with van der Waals surface area (Å²) < 4.78 is 0. The highest BCUT2D eigenvalue weighted by Crippen LogP contribution is 2.20. The standard InChI is InChI=1S/C17H17N3O2/c1-11(12-5-3-2-4-6-12)9-16(21)18-13-7-8-14-15(10-13)20-17(22)19-14/h2-8,10-11H,9H2,1H3,(H,18,21)(H2,19,20,22). The van der Waals surface area contributed by atoms with Gasteiger partial charge < -0.3 is 15.3 Å². The number of hydrogen-bond acceptors (Lipinski definition) is 2. The second kappa shape index (κ2) is 5.89. The lowest BCUT2D eigenvalue weighted by Gasteiger charge is -2.12. The smallest absolute Gasteiger partial charge is 0.323 e. The number of carbonyl (C=O) groups is 1. The van der Waals surface area contributed by atoms with Gasteiger partial charge in [0, 0.05) is 12.1 Å². The Morgan fingerprint density at radius 3 is 2.59 bits per heavy atom. The van der Waals surface area contributed by atoms with Gasteiger partial charge in [-0.3, -0.25) is 4.79 Å². The Morgan fingerprint density at radius 2 is 1.82 bits per heavy atom. The molecular formula is C17H17N3O2. The Balaban J connectivity index is 1.69. The number of rotatable bonds is 4. The Bertz CT molecular complexity index is 849. The summed E-state index contributed by atoms with van der Waals surface area (Å²) in [5.41, 5.74) is 2.96. The molecule has 0 radical (unpaired) electrons. The molecule has 0 aliphatic rings. The van der Waals surface area contributed by atoms with E-state index in [1.807, 2.05) is 37.3 Å². The molecule has 22 heavy (non-hydrogen) atoms. The molecule has 1 heterocycles. The number of amides is 1. The van der Waals surface area contributed by atoms with Gasteiger partial charge >= 0.3 is 5.69 Å². The molecule has 1 amide bonds. The topological polar surface area (TPSA) is 77.8 Å². The monoisotopic (exact) mass is 295 g/mol. The SMILES string of the molecule is CC(CC(=O)Nc1ccc2[nH]c(=O)[nH]c2c1)c1ccccc1. The summed E-state index contributed by atoms with van der Waals surface area (Å²) in [6.45, 7) is 2.03.